The molecule has 5 nitrogen and oxygen atoms in total. The first kappa shape index (κ1) is 18.0. The van der Waals surface area contributed by atoms with Gasteiger partial charge in [0.05, 0.1) is 6.54 Å². The second kappa shape index (κ2) is 7.81. The van der Waals surface area contributed by atoms with E-state index >= 15 is 0 Å². The smallest absolute Gasteiger partial charge is 0.389 e. The first-order chi connectivity index (χ1) is 9.74. The van der Waals surface area contributed by atoms with Crippen molar-refractivity contribution < 1.29 is 26.0 Å². The highest BCUT2D eigenvalue weighted by Gasteiger charge is 2.26. The number of hydrogen-bond acceptors (Lipinski definition) is 4. The van der Waals surface area contributed by atoms with Crippen molar-refractivity contribution in [2.45, 2.75) is 44.0 Å². The molecular formula is C12H19F3N2O3S. The molecule has 122 valence electrons. The second-order valence-corrected chi connectivity index (χ2v) is 6.21. The maximum atomic E-state index is 11.9. The molecule has 21 heavy (non-hydrogen) atoms. The van der Waals surface area contributed by atoms with Crippen molar-refractivity contribution in [3.8, 4) is 0 Å². The Kier molecular flexibility index (Phi) is 6.69. The molecule has 0 bridgehead atoms. The summed E-state index contributed by atoms with van der Waals surface area (Å²) in [5.74, 6) is 0.458. The van der Waals surface area contributed by atoms with Crippen LogP contribution >= 0.6 is 0 Å². The number of nitrogens with one attached hydrogen (secondary N) is 2. The lowest BCUT2D eigenvalue weighted by Gasteiger charge is -2.07. The first-order valence-electron chi connectivity index (χ1n) is 6.60. The quantitative estimate of drug-likeness (QED) is 0.683. The Labute approximate surface area is 122 Å². The first-order valence-corrected chi connectivity index (χ1v) is 8.09. The van der Waals surface area contributed by atoms with Gasteiger partial charge in [0, 0.05) is 13.0 Å². The summed E-state index contributed by atoms with van der Waals surface area (Å²) in [7, 11) is -3.90. The van der Waals surface area contributed by atoms with Crippen molar-refractivity contribution in [1.82, 2.24) is 10.0 Å². The highest BCUT2D eigenvalue weighted by molar-refractivity contribution is 7.89. The predicted octanol–water partition coefficient (Wildman–Crippen LogP) is 2.40. The van der Waals surface area contributed by atoms with Crippen LogP contribution in [-0.2, 0) is 16.6 Å². The van der Waals surface area contributed by atoms with E-state index in [1.807, 2.05) is 6.92 Å². The summed E-state index contributed by atoms with van der Waals surface area (Å²) < 4.78 is 66.7. The van der Waals surface area contributed by atoms with Gasteiger partial charge >= 0.3 is 6.18 Å². The zero-order valence-corrected chi connectivity index (χ0v) is 12.5. The summed E-state index contributed by atoms with van der Waals surface area (Å²) in [6, 6.07) is 2.81. The van der Waals surface area contributed by atoms with E-state index in [4.69, 9.17) is 4.42 Å². The Balaban J connectivity index is 2.47. The molecule has 9 heteroatoms. The van der Waals surface area contributed by atoms with Gasteiger partial charge in [0.2, 0.25) is 5.09 Å². The molecule has 0 atom stereocenters. The molecule has 2 N–H and O–H groups in total. The Morgan fingerprint density at radius 2 is 1.95 bits per heavy atom. The van der Waals surface area contributed by atoms with E-state index in [9.17, 15) is 21.6 Å². The average Bonchev–Trinajstić information content (AvgIpc) is 2.84. The minimum absolute atomic E-state index is 0.286. The molecular weight excluding hydrogens is 309 g/mol. The fraction of sp³-hybridized carbons (Fsp3) is 0.667. The fourth-order valence-corrected chi connectivity index (χ4v) is 2.57. The number of hydrogen-bond donors (Lipinski definition) is 2. The molecule has 0 radical (unpaired) electrons. The van der Waals surface area contributed by atoms with E-state index in [1.165, 1.54) is 12.1 Å². The van der Waals surface area contributed by atoms with Gasteiger partial charge in [-0.05, 0) is 31.5 Å². The summed E-state index contributed by atoms with van der Waals surface area (Å²) in [6.07, 6.45) is -4.69. The van der Waals surface area contributed by atoms with E-state index in [0.29, 0.717) is 12.3 Å². The van der Waals surface area contributed by atoms with Gasteiger partial charge in [-0.2, -0.15) is 13.2 Å². The van der Waals surface area contributed by atoms with Gasteiger partial charge in [-0.3, -0.25) is 0 Å². The molecule has 0 amide bonds. The molecule has 0 aromatic carbocycles. The Morgan fingerprint density at radius 1 is 1.24 bits per heavy atom. The van der Waals surface area contributed by atoms with Crippen LogP contribution in [0.3, 0.4) is 0 Å². The van der Waals surface area contributed by atoms with Crippen LogP contribution in [0, 0.1) is 0 Å². The van der Waals surface area contributed by atoms with Crippen LogP contribution in [0.1, 0.15) is 31.9 Å². The predicted molar refractivity (Wildman–Crippen MR) is 71.2 cm³/mol. The molecule has 0 saturated carbocycles. The SMILES string of the molecule is CCCNCc1ccc(S(=O)(=O)NCCCC(F)(F)F)o1. The van der Waals surface area contributed by atoms with Gasteiger partial charge in [-0.15, -0.1) is 0 Å². The third kappa shape index (κ3) is 6.96. The van der Waals surface area contributed by atoms with Crippen LogP contribution < -0.4 is 10.0 Å². The number of sulfonamides is 1. The molecule has 0 fully saturated rings. The summed E-state index contributed by atoms with van der Waals surface area (Å²) >= 11 is 0. The monoisotopic (exact) mass is 328 g/mol. The normalized spacial score (nSPS) is 12.8. The van der Waals surface area contributed by atoms with Crippen LogP contribution in [0.15, 0.2) is 21.6 Å². The van der Waals surface area contributed by atoms with Gasteiger partial charge in [0.15, 0.2) is 0 Å². The van der Waals surface area contributed by atoms with Crippen LogP contribution in [0.5, 0.6) is 0 Å². The van der Waals surface area contributed by atoms with Crippen LogP contribution in [0.4, 0.5) is 13.2 Å². The third-order valence-electron chi connectivity index (χ3n) is 2.56. The molecule has 1 aromatic heterocycles. The zero-order valence-electron chi connectivity index (χ0n) is 11.7. The third-order valence-corrected chi connectivity index (χ3v) is 3.89. The number of rotatable bonds is 9. The second-order valence-electron chi connectivity index (χ2n) is 4.51. The molecule has 1 heterocycles. The van der Waals surface area contributed by atoms with Gasteiger partial charge < -0.3 is 9.73 Å². The lowest BCUT2D eigenvalue weighted by atomic mass is 10.3. The van der Waals surface area contributed by atoms with Crippen molar-refractivity contribution in [1.29, 1.82) is 0 Å². The molecule has 1 aromatic rings. The van der Waals surface area contributed by atoms with Crippen LogP contribution in [0.2, 0.25) is 0 Å². The maximum Gasteiger partial charge on any atom is 0.389 e. The highest BCUT2D eigenvalue weighted by atomic mass is 32.2. The molecule has 0 saturated heterocycles. The Morgan fingerprint density at radius 3 is 2.57 bits per heavy atom. The van der Waals surface area contributed by atoms with E-state index in [0.717, 1.165) is 13.0 Å². The molecule has 0 aliphatic heterocycles. The highest BCUT2D eigenvalue weighted by Crippen LogP contribution is 2.21. The summed E-state index contributed by atoms with van der Waals surface area (Å²) in [5, 5.41) is 2.76. The van der Waals surface area contributed by atoms with E-state index in [-0.39, 0.29) is 18.1 Å². The molecule has 1 rings (SSSR count). The number of alkyl halides is 3. The Hall–Kier alpha value is -1.06. The van der Waals surface area contributed by atoms with Crippen LogP contribution in [-0.4, -0.2) is 27.7 Å². The van der Waals surface area contributed by atoms with E-state index in [2.05, 4.69) is 10.0 Å². The lowest BCUT2D eigenvalue weighted by molar-refractivity contribution is -0.135. The molecule has 0 unspecified atom stereocenters. The maximum absolute atomic E-state index is 11.9. The number of halogens is 3. The lowest BCUT2D eigenvalue weighted by Crippen LogP contribution is -2.25. The minimum Gasteiger partial charge on any atom is -0.447 e. The van der Waals surface area contributed by atoms with Crippen molar-refractivity contribution in [3.05, 3.63) is 17.9 Å². The van der Waals surface area contributed by atoms with Gasteiger partial charge in [-0.1, -0.05) is 6.92 Å². The standard InChI is InChI=1S/C12H19F3N2O3S/c1-2-7-16-9-10-4-5-11(20-10)21(18,19)17-8-3-6-12(13,14)15/h4-5,16-17H,2-3,6-9H2,1H3. The van der Waals surface area contributed by atoms with Gasteiger partial charge in [0.25, 0.3) is 10.0 Å². The van der Waals surface area contributed by atoms with Gasteiger partial charge in [-0.25, -0.2) is 13.1 Å². The van der Waals surface area contributed by atoms with Crippen molar-refractivity contribution in [3.63, 3.8) is 0 Å². The summed E-state index contributed by atoms with van der Waals surface area (Å²) in [4.78, 5) is 0. The average molecular weight is 328 g/mol. The molecule has 0 aliphatic rings. The number of furan rings is 1. The summed E-state index contributed by atoms with van der Waals surface area (Å²) in [5.41, 5.74) is 0. The topological polar surface area (TPSA) is 71.3 Å². The fourth-order valence-electron chi connectivity index (χ4n) is 1.55. The zero-order chi connectivity index (χ0) is 15.9. The van der Waals surface area contributed by atoms with Crippen LogP contribution in [0.25, 0.3) is 0 Å². The van der Waals surface area contributed by atoms with Crippen molar-refractivity contribution in [2.24, 2.45) is 0 Å². The Bertz CT molecular complexity index is 526. The largest absolute Gasteiger partial charge is 0.447 e. The van der Waals surface area contributed by atoms with E-state index < -0.39 is 22.6 Å². The molecule has 0 spiro atoms. The summed E-state index contributed by atoms with van der Waals surface area (Å²) in [6.45, 7) is 2.89. The minimum atomic E-state index is -4.28. The van der Waals surface area contributed by atoms with E-state index in [1.54, 1.807) is 0 Å². The van der Waals surface area contributed by atoms with Crippen molar-refractivity contribution in [2.75, 3.05) is 13.1 Å². The van der Waals surface area contributed by atoms with Gasteiger partial charge in [0.1, 0.15) is 5.76 Å². The van der Waals surface area contributed by atoms with Crippen molar-refractivity contribution >= 4 is 10.0 Å². The molecule has 0 aliphatic carbocycles.